The number of para-hydroxylation sites is 1. The highest BCUT2D eigenvalue weighted by atomic mass is 16.5. The van der Waals surface area contributed by atoms with E-state index in [4.69, 9.17) is 4.74 Å². The fraction of sp³-hybridized carbons (Fsp3) is 0.412. The SMILES string of the molecule is Cc1cn(-c2ccccc2)nc1NC(=O)C1OC(C)CC1C. The molecule has 2 heterocycles. The van der Waals surface area contributed by atoms with Crippen LogP contribution in [0.5, 0.6) is 0 Å². The van der Waals surface area contributed by atoms with Gasteiger partial charge in [0.05, 0.1) is 11.8 Å². The first kappa shape index (κ1) is 14.8. The first-order valence-corrected chi connectivity index (χ1v) is 7.62. The van der Waals surface area contributed by atoms with Gasteiger partial charge in [-0.3, -0.25) is 4.79 Å². The number of benzene rings is 1. The fourth-order valence-electron chi connectivity index (χ4n) is 2.89. The van der Waals surface area contributed by atoms with Crippen molar-refractivity contribution < 1.29 is 9.53 Å². The van der Waals surface area contributed by atoms with E-state index in [1.165, 1.54) is 0 Å². The highest BCUT2D eigenvalue weighted by Gasteiger charge is 2.35. The maximum atomic E-state index is 12.4. The molecule has 1 saturated heterocycles. The summed E-state index contributed by atoms with van der Waals surface area (Å²) >= 11 is 0. The Labute approximate surface area is 130 Å². The molecule has 0 radical (unpaired) electrons. The normalized spacial score (nSPS) is 24.4. The Kier molecular flexibility index (Phi) is 3.98. The molecule has 1 fully saturated rings. The molecule has 0 aliphatic carbocycles. The number of aryl methyl sites for hydroxylation is 1. The van der Waals surface area contributed by atoms with Gasteiger partial charge in [-0.25, -0.2) is 4.68 Å². The average molecular weight is 299 g/mol. The van der Waals surface area contributed by atoms with Crippen molar-refractivity contribution >= 4 is 11.7 Å². The van der Waals surface area contributed by atoms with Gasteiger partial charge in [0, 0.05) is 11.8 Å². The number of carbonyl (C=O) groups excluding carboxylic acids is 1. The summed E-state index contributed by atoms with van der Waals surface area (Å²) in [6.07, 6.45) is 2.56. The lowest BCUT2D eigenvalue weighted by Gasteiger charge is -2.14. The summed E-state index contributed by atoms with van der Waals surface area (Å²) in [5.74, 6) is 0.703. The second-order valence-electron chi connectivity index (χ2n) is 6.01. The Morgan fingerprint density at radius 2 is 2.05 bits per heavy atom. The number of nitrogens with zero attached hydrogens (tertiary/aromatic N) is 2. The van der Waals surface area contributed by atoms with E-state index in [0.717, 1.165) is 17.7 Å². The van der Waals surface area contributed by atoms with Crippen molar-refractivity contribution in [3.8, 4) is 5.69 Å². The van der Waals surface area contributed by atoms with Gasteiger partial charge in [-0.05, 0) is 38.3 Å². The van der Waals surface area contributed by atoms with Gasteiger partial charge < -0.3 is 10.1 Å². The highest BCUT2D eigenvalue weighted by Crippen LogP contribution is 2.27. The summed E-state index contributed by atoms with van der Waals surface area (Å²) in [6, 6.07) is 9.83. The van der Waals surface area contributed by atoms with E-state index >= 15 is 0 Å². The van der Waals surface area contributed by atoms with Gasteiger partial charge in [0.15, 0.2) is 5.82 Å². The average Bonchev–Trinajstić information content (AvgIpc) is 3.03. The molecule has 3 atom stereocenters. The fourth-order valence-corrected chi connectivity index (χ4v) is 2.89. The van der Waals surface area contributed by atoms with E-state index in [9.17, 15) is 4.79 Å². The zero-order chi connectivity index (χ0) is 15.7. The molecule has 0 saturated carbocycles. The van der Waals surface area contributed by atoms with Crippen molar-refractivity contribution in [1.82, 2.24) is 9.78 Å². The van der Waals surface area contributed by atoms with Crippen LogP contribution in [0.1, 0.15) is 25.8 Å². The molecule has 5 nitrogen and oxygen atoms in total. The van der Waals surface area contributed by atoms with Crippen LogP contribution in [0.2, 0.25) is 0 Å². The standard InChI is InChI=1S/C17H21N3O2/c1-11-9-13(3)22-15(11)17(21)18-16-12(2)10-20(19-16)14-7-5-4-6-8-14/h4-8,10-11,13,15H,9H2,1-3H3,(H,18,19,21). The molecule has 0 bridgehead atoms. The minimum atomic E-state index is -0.392. The third kappa shape index (κ3) is 2.90. The van der Waals surface area contributed by atoms with Gasteiger partial charge in [-0.1, -0.05) is 25.1 Å². The van der Waals surface area contributed by atoms with E-state index in [-0.39, 0.29) is 17.9 Å². The summed E-state index contributed by atoms with van der Waals surface area (Å²) in [5.41, 5.74) is 1.89. The van der Waals surface area contributed by atoms with Crippen molar-refractivity contribution in [2.75, 3.05) is 5.32 Å². The lowest BCUT2D eigenvalue weighted by Crippen LogP contribution is -2.32. The van der Waals surface area contributed by atoms with Gasteiger partial charge in [0.1, 0.15) is 6.10 Å². The zero-order valence-corrected chi connectivity index (χ0v) is 13.1. The van der Waals surface area contributed by atoms with Crippen LogP contribution in [0.4, 0.5) is 5.82 Å². The lowest BCUT2D eigenvalue weighted by atomic mass is 10.0. The summed E-state index contributed by atoms with van der Waals surface area (Å²) in [5, 5.41) is 7.36. The van der Waals surface area contributed by atoms with Crippen LogP contribution in [0.25, 0.3) is 5.69 Å². The van der Waals surface area contributed by atoms with Crippen molar-refractivity contribution in [3.05, 3.63) is 42.1 Å². The topological polar surface area (TPSA) is 56.2 Å². The molecule has 3 unspecified atom stereocenters. The highest BCUT2D eigenvalue weighted by molar-refractivity contribution is 5.94. The number of aromatic nitrogens is 2. The third-order valence-corrected chi connectivity index (χ3v) is 4.02. The van der Waals surface area contributed by atoms with Crippen molar-refractivity contribution in [3.63, 3.8) is 0 Å². The van der Waals surface area contributed by atoms with Gasteiger partial charge in [0.2, 0.25) is 0 Å². The molecule has 22 heavy (non-hydrogen) atoms. The van der Waals surface area contributed by atoms with Crippen LogP contribution in [-0.2, 0) is 9.53 Å². The number of nitrogens with one attached hydrogen (secondary N) is 1. The molecule has 1 aromatic carbocycles. The lowest BCUT2D eigenvalue weighted by molar-refractivity contribution is -0.127. The quantitative estimate of drug-likeness (QED) is 0.948. The molecule has 1 N–H and O–H groups in total. The minimum absolute atomic E-state index is 0.113. The van der Waals surface area contributed by atoms with E-state index in [1.807, 2.05) is 57.3 Å². The maximum Gasteiger partial charge on any atom is 0.255 e. The Bertz CT molecular complexity index is 666. The molecule has 1 aliphatic heterocycles. The number of rotatable bonds is 3. The number of amides is 1. The van der Waals surface area contributed by atoms with Crippen LogP contribution in [0, 0.1) is 12.8 Å². The molecule has 1 aromatic heterocycles. The largest absolute Gasteiger partial charge is 0.365 e. The van der Waals surface area contributed by atoms with Crippen LogP contribution in [0.3, 0.4) is 0 Å². The minimum Gasteiger partial charge on any atom is -0.365 e. The summed E-state index contributed by atoms with van der Waals surface area (Å²) in [6.45, 7) is 5.98. The monoisotopic (exact) mass is 299 g/mol. The maximum absolute atomic E-state index is 12.4. The molecule has 5 heteroatoms. The molecule has 3 rings (SSSR count). The van der Waals surface area contributed by atoms with E-state index in [1.54, 1.807) is 4.68 Å². The van der Waals surface area contributed by atoms with Gasteiger partial charge in [-0.2, -0.15) is 0 Å². The Balaban J connectivity index is 1.76. The first-order chi connectivity index (χ1) is 10.5. The smallest absolute Gasteiger partial charge is 0.255 e. The van der Waals surface area contributed by atoms with Crippen molar-refractivity contribution in [2.45, 2.75) is 39.4 Å². The van der Waals surface area contributed by atoms with Crippen LogP contribution in [-0.4, -0.2) is 27.9 Å². The predicted molar refractivity (Wildman–Crippen MR) is 85.0 cm³/mol. The number of anilines is 1. The number of hydrogen-bond acceptors (Lipinski definition) is 3. The van der Waals surface area contributed by atoms with Crippen LogP contribution < -0.4 is 5.32 Å². The van der Waals surface area contributed by atoms with E-state index in [0.29, 0.717) is 5.82 Å². The van der Waals surface area contributed by atoms with Crippen LogP contribution in [0.15, 0.2) is 36.5 Å². The number of carbonyl (C=O) groups is 1. The Morgan fingerprint density at radius 1 is 1.32 bits per heavy atom. The second-order valence-corrected chi connectivity index (χ2v) is 6.01. The van der Waals surface area contributed by atoms with Crippen molar-refractivity contribution in [1.29, 1.82) is 0 Å². The van der Waals surface area contributed by atoms with E-state index in [2.05, 4.69) is 10.4 Å². The molecular formula is C17H21N3O2. The summed E-state index contributed by atoms with van der Waals surface area (Å²) in [4.78, 5) is 12.4. The van der Waals surface area contributed by atoms with Crippen LogP contribution >= 0.6 is 0 Å². The molecule has 0 spiro atoms. The molecular weight excluding hydrogens is 278 g/mol. The molecule has 116 valence electrons. The van der Waals surface area contributed by atoms with E-state index < -0.39 is 6.10 Å². The van der Waals surface area contributed by atoms with Gasteiger partial charge in [0.25, 0.3) is 5.91 Å². The summed E-state index contributed by atoms with van der Waals surface area (Å²) < 4.78 is 7.46. The third-order valence-electron chi connectivity index (χ3n) is 4.02. The molecule has 1 amide bonds. The van der Waals surface area contributed by atoms with Gasteiger partial charge >= 0.3 is 0 Å². The predicted octanol–water partition coefficient (Wildman–Crippen LogP) is 2.93. The zero-order valence-electron chi connectivity index (χ0n) is 13.1. The van der Waals surface area contributed by atoms with Crippen molar-refractivity contribution in [2.24, 2.45) is 5.92 Å². The number of hydrogen-bond donors (Lipinski definition) is 1. The number of ether oxygens (including phenoxy) is 1. The first-order valence-electron chi connectivity index (χ1n) is 7.62. The molecule has 1 aliphatic rings. The molecule has 2 aromatic rings. The second kappa shape index (κ2) is 5.93. The Morgan fingerprint density at radius 3 is 2.68 bits per heavy atom. The Hall–Kier alpha value is -2.14. The van der Waals surface area contributed by atoms with Gasteiger partial charge in [-0.15, -0.1) is 5.10 Å². The summed E-state index contributed by atoms with van der Waals surface area (Å²) in [7, 11) is 0.